The topological polar surface area (TPSA) is 81.1 Å². The summed E-state index contributed by atoms with van der Waals surface area (Å²) in [5.74, 6) is 2.61. The first-order valence-electron chi connectivity index (χ1n) is 8.23. The summed E-state index contributed by atoms with van der Waals surface area (Å²) in [7, 11) is 2.12. The van der Waals surface area contributed by atoms with Gasteiger partial charge in [0.1, 0.15) is 5.82 Å². The summed E-state index contributed by atoms with van der Waals surface area (Å²) in [6, 6.07) is 2.44. The van der Waals surface area contributed by atoms with Gasteiger partial charge in [0.05, 0.1) is 5.69 Å². The lowest BCUT2D eigenvalue weighted by molar-refractivity contribution is 0.345. The van der Waals surface area contributed by atoms with Crippen LogP contribution in [-0.4, -0.2) is 29.6 Å². The van der Waals surface area contributed by atoms with Crippen molar-refractivity contribution in [2.24, 2.45) is 11.7 Å². The van der Waals surface area contributed by atoms with E-state index in [1.165, 1.54) is 32.1 Å². The van der Waals surface area contributed by atoms with Crippen molar-refractivity contribution >= 4 is 11.8 Å². The van der Waals surface area contributed by atoms with E-state index in [9.17, 15) is 0 Å². The van der Waals surface area contributed by atoms with Crippen LogP contribution in [0.15, 0.2) is 6.07 Å². The molecule has 2 fully saturated rings. The lowest BCUT2D eigenvalue weighted by Crippen LogP contribution is -2.35. The Morgan fingerprint density at radius 2 is 1.90 bits per heavy atom. The third-order valence-electron chi connectivity index (χ3n) is 4.99. The lowest BCUT2D eigenvalue weighted by atomic mass is 9.78. The Morgan fingerprint density at radius 1 is 1.19 bits per heavy atom. The third kappa shape index (κ3) is 3.46. The van der Waals surface area contributed by atoms with Gasteiger partial charge in [0.25, 0.3) is 0 Å². The summed E-state index contributed by atoms with van der Waals surface area (Å²) in [6.45, 7) is 1.07. The van der Waals surface area contributed by atoms with Gasteiger partial charge in [0.2, 0.25) is 5.95 Å². The lowest BCUT2D eigenvalue weighted by Gasteiger charge is -2.33. The van der Waals surface area contributed by atoms with Crippen molar-refractivity contribution in [2.45, 2.75) is 56.9 Å². The maximum atomic E-state index is 5.90. The Morgan fingerprint density at radius 3 is 2.57 bits per heavy atom. The maximum Gasteiger partial charge on any atom is 0.222 e. The fourth-order valence-corrected chi connectivity index (χ4v) is 3.63. The average molecular weight is 289 g/mol. The maximum absolute atomic E-state index is 5.90. The molecule has 0 amide bonds. The zero-order valence-electron chi connectivity index (χ0n) is 13.0. The fraction of sp³-hybridized carbons (Fsp3) is 0.750. The van der Waals surface area contributed by atoms with E-state index in [0.717, 1.165) is 36.8 Å². The second-order valence-electron chi connectivity index (χ2n) is 6.82. The molecule has 5 nitrogen and oxygen atoms in total. The predicted octanol–water partition coefficient (Wildman–Crippen LogP) is 2.28. The summed E-state index contributed by atoms with van der Waals surface area (Å²) in [5.41, 5.74) is 12.8. The van der Waals surface area contributed by atoms with Gasteiger partial charge in [0, 0.05) is 31.6 Å². The van der Waals surface area contributed by atoms with Crippen LogP contribution in [0.25, 0.3) is 0 Å². The van der Waals surface area contributed by atoms with Gasteiger partial charge in [-0.1, -0.05) is 19.3 Å². The van der Waals surface area contributed by atoms with Gasteiger partial charge in [-0.25, -0.2) is 4.98 Å². The number of hydrogen-bond donors (Lipinski definition) is 2. The van der Waals surface area contributed by atoms with E-state index in [4.69, 9.17) is 11.5 Å². The molecule has 0 aromatic carbocycles. The molecule has 5 heteroatoms. The molecule has 0 radical (unpaired) electrons. The molecular formula is C16H27N5. The quantitative estimate of drug-likeness (QED) is 0.888. The molecule has 0 unspecified atom stereocenters. The number of anilines is 2. The highest BCUT2D eigenvalue weighted by Gasteiger charge is 2.29. The average Bonchev–Trinajstić information content (AvgIpc) is 2.44. The van der Waals surface area contributed by atoms with Crippen molar-refractivity contribution in [3.8, 4) is 0 Å². The highest BCUT2D eigenvalue weighted by atomic mass is 15.2. The van der Waals surface area contributed by atoms with Crippen LogP contribution in [-0.2, 0) is 0 Å². The zero-order valence-corrected chi connectivity index (χ0v) is 13.0. The summed E-state index contributed by atoms with van der Waals surface area (Å²) < 4.78 is 0. The number of rotatable bonds is 4. The van der Waals surface area contributed by atoms with Crippen LogP contribution in [0.5, 0.6) is 0 Å². The van der Waals surface area contributed by atoms with Gasteiger partial charge in [-0.15, -0.1) is 0 Å². The van der Waals surface area contributed by atoms with Crippen molar-refractivity contribution in [3.63, 3.8) is 0 Å². The number of hydrogen-bond acceptors (Lipinski definition) is 5. The molecule has 1 heterocycles. The van der Waals surface area contributed by atoms with Crippen molar-refractivity contribution in [2.75, 3.05) is 24.2 Å². The van der Waals surface area contributed by atoms with E-state index in [1.54, 1.807) is 0 Å². The normalized spacial score (nSPS) is 26.4. The second kappa shape index (κ2) is 6.18. The molecule has 1 aromatic heterocycles. The standard InChI is InChI=1S/C16H27N5/c1-21(10-11-5-3-2-4-6-11)15-9-14(19-16(18)20-15)12-7-13(17)8-12/h9,11-13H,2-8,10,17H2,1H3,(H2,18,19,20). The van der Waals surface area contributed by atoms with Crippen LogP contribution >= 0.6 is 0 Å². The summed E-state index contributed by atoms with van der Waals surface area (Å²) in [6.07, 6.45) is 8.85. The number of nitrogens with zero attached hydrogens (tertiary/aromatic N) is 3. The van der Waals surface area contributed by atoms with Gasteiger partial charge >= 0.3 is 0 Å². The van der Waals surface area contributed by atoms with Crippen LogP contribution in [0, 0.1) is 5.92 Å². The van der Waals surface area contributed by atoms with Crippen LogP contribution in [0.1, 0.15) is 56.6 Å². The van der Waals surface area contributed by atoms with E-state index in [-0.39, 0.29) is 0 Å². The molecule has 0 aliphatic heterocycles. The monoisotopic (exact) mass is 289 g/mol. The molecule has 0 spiro atoms. The Kier molecular flexibility index (Phi) is 4.29. The molecule has 2 aliphatic carbocycles. The molecule has 0 saturated heterocycles. The first-order chi connectivity index (χ1) is 10.1. The smallest absolute Gasteiger partial charge is 0.222 e. The molecule has 116 valence electrons. The Labute approximate surface area is 127 Å². The minimum atomic E-state index is 0.328. The van der Waals surface area contributed by atoms with Crippen molar-refractivity contribution in [1.82, 2.24) is 9.97 Å². The molecule has 1 aromatic rings. The van der Waals surface area contributed by atoms with Gasteiger partial charge in [-0.05, 0) is 31.6 Å². The van der Waals surface area contributed by atoms with E-state index in [2.05, 4.69) is 28.0 Å². The summed E-state index contributed by atoms with van der Waals surface area (Å²) in [4.78, 5) is 11.1. The van der Waals surface area contributed by atoms with Crippen LogP contribution < -0.4 is 16.4 Å². The van der Waals surface area contributed by atoms with Crippen molar-refractivity contribution in [1.29, 1.82) is 0 Å². The predicted molar refractivity (Wildman–Crippen MR) is 86.2 cm³/mol. The van der Waals surface area contributed by atoms with E-state index in [1.807, 2.05) is 0 Å². The first kappa shape index (κ1) is 14.6. The highest BCUT2D eigenvalue weighted by Crippen LogP contribution is 2.36. The van der Waals surface area contributed by atoms with Crippen LogP contribution in [0.3, 0.4) is 0 Å². The first-order valence-corrected chi connectivity index (χ1v) is 8.23. The van der Waals surface area contributed by atoms with Crippen LogP contribution in [0.2, 0.25) is 0 Å². The van der Waals surface area contributed by atoms with E-state index in [0.29, 0.717) is 17.9 Å². The minimum absolute atomic E-state index is 0.328. The summed E-state index contributed by atoms with van der Waals surface area (Å²) in [5, 5.41) is 0. The van der Waals surface area contributed by atoms with Crippen molar-refractivity contribution < 1.29 is 0 Å². The number of nitrogen functional groups attached to an aromatic ring is 1. The minimum Gasteiger partial charge on any atom is -0.368 e. The van der Waals surface area contributed by atoms with Gasteiger partial charge in [-0.2, -0.15) is 4.98 Å². The second-order valence-corrected chi connectivity index (χ2v) is 6.82. The van der Waals surface area contributed by atoms with E-state index >= 15 is 0 Å². The molecule has 3 rings (SSSR count). The molecular weight excluding hydrogens is 262 g/mol. The Balaban J connectivity index is 1.68. The molecule has 0 bridgehead atoms. The SMILES string of the molecule is CN(CC1CCCCC1)c1cc(C2CC(N)C2)nc(N)n1. The Hall–Kier alpha value is -1.36. The molecule has 2 saturated carbocycles. The molecule has 2 aliphatic rings. The van der Waals surface area contributed by atoms with Gasteiger partial charge in [0.15, 0.2) is 0 Å². The number of aromatic nitrogens is 2. The molecule has 4 N–H and O–H groups in total. The largest absolute Gasteiger partial charge is 0.368 e. The van der Waals surface area contributed by atoms with Crippen LogP contribution in [0.4, 0.5) is 11.8 Å². The zero-order chi connectivity index (χ0) is 14.8. The third-order valence-corrected chi connectivity index (χ3v) is 4.99. The Bertz CT molecular complexity index is 478. The van der Waals surface area contributed by atoms with Crippen molar-refractivity contribution in [3.05, 3.63) is 11.8 Å². The highest BCUT2D eigenvalue weighted by molar-refractivity contribution is 5.44. The van der Waals surface area contributed by atoms with E-state index < -0.39 is 0 Å². The fourth-order valence-electron chi connectivity index (χ4n) is 3.63. The number of nitrogens with two attached hydrogens (primary N) is 2. The van der Waals surface area contributed by atoms with Gasteiger partial charge < -0.3 is 16.4 Å². The molecule has 21 heavy (non-hydrogen) atoms. The molecule has 0 atom stereocenters. The van der Waals surface area contributed by atoms with Gasteiger partial charge in [-0.3, -0.25) is 0 Å². The summed E-state index contributed by atoms with van der Waals surface area (Å²) >= 11 is 0.